The Bertz CT molecular complexity index is 485. The molecule has 1 aromatic rings. The number of nitrogens with two attached hydrogens (primary N) is 1. The molecule has 0 bridgehead atoms. The summed E-state index contributed by atoms with van der Waals surface area (Å²) in [7, 11) is 0. The van der Waals surface area contributed by atoms with E-state index in [1.54, 1.807) is 0 Å². The number of oxime groups is 1. The van der Waals surface area contributed by atoms with Gasteiger partial charge in [0.1, 0.15) is 11.9 Å². The number of benzene rings is 1. The van der Waals surface area contributed by atoms with Gasteiger partial charge in [-0.05, 0) is 56.2 Å². The van der Waals surface area contributed by atoms with Crippen LogP contribution in [0.3, 0.4) is 0 Å². The maximum absolute atomic E-state index is 8.89. The summed E-state index contributed by atoms with van der Waals surface area (Å²) in [6, 6.07) is 5.76. The van der Waals surface area contributed by atoms with Crippen molar-refractivity contribution in [2.45, 2.75) is 52.1 Å². The Morgan fingerprint density at radius 1 is 1.40 bits per heavy atom. The summed E-state index contributed by atoms with van der Waals surface area (Å²) < 4.78 is 6.22. The molecule has 0 saturated heterocycles. The van der Waals surface area contributed by atoms with Crippen LogP contribution in [0.4, 0.5) is 0 Å². The zero-order valence-electron chi connectivity index (χ0n) is 12.3. The largest absolute Gasteiger partial charge is 0.489 e. The van der Waals surface area contributed by atoms with Crippen molar-refractivity contribution in [2.24, 2.45) is 16.8 Å². The topological polar surface area (TPSA) is 67.8 Å². The van der Waals surface area contributed by atoms with Crippen LogP contribution >= 0.6 is 0 Å². The lowest BCUT2D eigenvalue weighted by Crippen LogP contribution is -2.30. The highest BCUT2D eigenvalue weighted by atomic mass is 16.5. The molecule has 20 heavy (non-hydrogen) atoms. The van der Waals surface area contributed by atoms with Crippen molar-refractivity contribution in [1.82, 2.24) is 0 Å². The smallest absolute Gasteiger partial charge is 0.173 e. The Morgan fingerprint density at radius 2 is 2.15 bits per heavy atom. The lowest BCUT2D eigenvalue weighted by molar-refractivity contribution is 0.0901. The molecule has 0 aliphatic heterocycles. The van der Waals surface area contributed by atoms with E-state index in [4.69, 9.17) is 15.7 Å². The zero-order chi connectivity index (χ0) is 14.5. The van der Waals surface area contributed by atoms with Crippen molar-refractivity contribution >= 4 is 5.84 Å². The fourth-order valence-corrected chi connectivity index (χ4v) is 2.95. The highest BCUT2D eigenvalue weighted by Crippen LogP contribution is 2.32. The first-order valence-electron chi connectivity index (χ1n) is 7.41. The van der Waals surface area contributed by atoms with Gasteiger partial charge in [-0.1, -0.05) is 24.6 Å². The quantitative estimate of drug-likeness (QED) is 0.383. The predicted octanol–water partition coefficient (Wildman–Crippen LogP) is 3.44. The molecule has 1 saturated carbocycles. The first-order valence-corrected chi connectivity index (χ1v) is 7.41. The number of aryl methyl sites for hydroxylation is 1. The van der Waals surface area contributed by atoms with Crippen LogP contribution in [0.2, 0.25) is 0 Å². The highest BCUT2D eigenvalue weighted by Gasteiger charge is 2.26. The van der Waals surface area contributed by atoms with E-state index in [1.165, 1.54) is 19.3 Å². The van der Waals surface area contributed by atoms with E-state index in [0.29, 0.717) is 11.5 Å². The normalized spacial score (nSPS) is 23.6. The van der Waals surface area contributed by atoms with Gasteiger partial charge in [-0.25, -0.2) is 0 Å². The van der Waals surface area contributed by atoms with Gasteiger partial charge >= 0.3 is 0 Å². The zero-order valence-corrected chi connectivity index (χ0v) is 12.3. The summed E-state index contributed by atoms with van der Waals surface area (Å²) in [5.74, 6) is 1.43. The maximum atomic E-state index is 8.89. The van der Waals surface area contributed by atoms with E-state index in [9.17, 15) is 0 Å². The molecule has 2 atom stereocenters. The van der Waals surface area contributed by atoms with Gasteiger partial charge in [0.25, 0.3) is 0 Å². The molecule has 2 rings (SSSR count). The second-order valence-corrected chi connectivity index (χ2v) is 5.59. The molecule has 1 aromatic carbocycles. The first kappa shape index (κ1) is 14.7. The third kappa shape index (κ3) is 3.24. The summed E-state index contributed by atoms with van der Waals surface area (Å²) in [6.45, 7) is 4.23. The van der Waals surface area contributed by atoms with Crippen LogP contribution in [0.5, 0.6) is 5.75 Å². The standard InChI is InChI=1S/C16H24N2O2/c1-3-12-6-4-5-7-14(12)20-15-10-11(2)8-9-13(15)16(17)18-19/h8-10,12,14,19H,3-7H2,1-2H3,(H2,17,18). The van der Waals surface area contributed by atoms with E-state index < -0.39 is 0 Å². The Labute approximate surface area is 120 Å². The SMILES string of the molecule is CCC1CCCCC1Oc1cc(C)ccc1C(N)=NO. The Hall–Kier alpha value is -1.71. The third-order valence-corrected chi connectivity index (χ3v) is 4.16. The van der Waals surface area contributed by atoms with Gasteiger partial charge in [0.15, 0.2) is 5.84 Å². The van der Waals surface area contributed by atoms with Crippen molar-refractivity contribution in [3.63, 3.8) is 0 Å². The summed E-state index contributed by atoms with van der Waals surface area (Å²) in [6.07, 6.45) is 6.19. The number of amidine groups is 1. The van der Waals surface area contributed by atoms with Crippen molar-refractivity contribution in [1.29, 1.82) is 0 Å². The monoisotopic (exact) mass is 276 g/mol. The molecule has 4 nitrogen and oxygen atoms in total. The minimum absolute atomic E-state index is 0.101. The summed E-state index contributed by atoms with van der Waals surface area (Å²) in [5.41, 5.74) is 7.51. The van der Waals surface area contributed by atoms with Gasteiger partial charge in [0, 0.05) is 0 Å². The second-order valence-electron chi connectivity index (χ2n) is 5.59. The highest BCUT2D eigenvalue weighted by molar-refractivity contribution is 5.99. The molecule has 3 N–H and O–H groups in total. The van der Waals surface area contributed by atoms with Crippen LogP contribution in [0.15, 0.2) is 23.4 Å². The number of rotatable bonds is 4. The van der Waals surface area contributed by atoms with Crippen molar-refractivity contribution < 1.29 is 9.94 Å². The minimum atomic E-state index is 0.101. The molecule has 2 unspecified atom stereocenters. The average molecular weight is 276 g/mol. The molecule has 0 amide bonds. The molecular weight excluding hydrogens is 252 g/mol. The van der Waals surface area contributed by atoms with E-state index in [2.05, 4.69) is 12.1 Å². The maximum Gasteiger partial charge on any atom is 0.173 e. The summed E-state index contributed by atoms with van der Waals surface area (Å²) in [5, 5.41) is 12.0. The minimum Gasteiger partial charge on any atom is -0.489 e. The second kappa shape index (κ2) is 6.64. The molecule has 0 spiro atoms. The lowest BCUT2D eigenvalue weighted by atomic mass is 9.84. The average Bonchev–Trinajstić information content (AvgIpc) is 2.47. The van der Waals surface area contributed by atoms with E-state index in [1.807, 2.05) is 25.1 Å². The van der Waals surface area contributed by atoms with E-state index in [0.717, 1.165) is 24.2 Å². The number of ether oxygens (including phenoxy) is 1. The van der Waals surface area contributed by atoms with Crippen molar-refractivity contribution in [3.05, 3.63) is 29.3 Å². The molecule has 0 aromatic heterocycles. The fraction of sp³-hybridized carbons (Fsp3) is 0.562. The van der Waals surface area contributed by atoms with Gasteiger partial charge in [-0.3, -0.25) is 0 Å². The van der Waals surface area contributed by atoms with Gasteiger partial charge in [-0.15, -0.1) is 0 Å². The van der Waals surface area contributed by atoms with Crippen LogP contribution in [0.25, 0.3) is 0 Å². The van der Waals surface area contributed by atoms with E-state index in [-0.39, 0.29) is 11.9 Å². The molecule has 0 heterocycles. The van der Waals surface area contributed by atoms with Crippen LogP contribution in [0.1, 0.15) is 50.2 Å². The van der Waals surface area contributed by atoms with E-state index >= 15 is 0 Å². The molecular formula is C16H24N2O2. The summed E-state index contributed by atoms with van der Waals surface area (Å²) in [4.78, 5) is 0. The number of hydrogen-bond donors (Lipinski definition) is 2. The predicted molar refractivity (Wildman–Crippen MR) is 80.4 cm³/mol. The number of hydrogen-bond acceptors (Lipinski definition) is 3. The molecule has 110 valence electrons. The van der Waals surface area contributed by atoms with Crippen LogP contribution in [0, 0.1) is 12.8 Å². The van der Waals surface area contributed by atoms with Crippen molar-refractivity contribution in [3.8, 4) is 5.75 Å². The van der Waals surface area contributed by atoms with Crippen LogP contribution in [-0.4, -0.2) is 17.1 Å². The fourth-order valence-electron chi connectivity index (χ4n) is 2.95. The third-order valence-electron chi connectivity index (χ3n) is 4.16. The molecule has 1 aliphatic carbocycles. The van der Waals surface area contributed by atoms with Gasteiger partial charge in [-0.2, -0.15) is 0 Å². The molecule has 0 radical (unpaired) electrons. The summed E-state index contributed by atoms with van der Waals surface area (Å²) >= 11 is 0. The molecule has 1 aliphatic rings. The number of nitrogens with zero attached hydrogens (tertiary/aromatic N) is 1. The molecule has 1 fully saturated rings. The Morgan fingerprint density at radius 3 is 2.85 bits per heavy atom. The Kier molecular flexibility index (Phi) is 4.88. The van der Waals surface area contributed by atoms with Gasteiger partial charge < -0.3 is 15.7 Å². The van der Waals surface area contributed by atoms with Gasteiger partial charge in [0.05, 0.1) is 5.56 Å². The molecule has 4 heteroatoms. The van der Waals surface area contributed by atoms with Crippen LogP contribution in [-0.2, 0) is 0 Å². The first-order chi connectivity index (χ1) is 9.65. The Balaban J connectivity index is 2.25. The van der Waals surface area contributed by atoms with Crippen LogP contribution < -0.4 is 10.5 Å². The van der Waals surface area contributed by atoms with Crippen molar-refractivity contribution in [2.75, 3.05) is 0 Å². The lowest BCUT2D eigenvalue weighted by Gasteiger charge is -2.31. The van der Waals surface area contributed by atoms with Gasteiger partial charge in [0.2, 0.25) is 0 Å².